The van der Waals surface area contributed by atoms with Crippen LogP contribution in [0.25, 0.3) is 0 Å². The molecule has 0 spiro atoms. The Morgan fingerprint density at radius 3 is 2.26 bits per heavy atom. The number of anilines is 1. The van der Waals surface area contributed by atoms with E-state index in [4.69, 9.17) is 0 Å². The summed E-state index contributed by atoms with van der Waals surface area (Å²) < 4.78 is 1.15. The van der Waals surface area contributed by atoms with E-state index in [0.717, 1.165) is 11.0 Å². The van der Waals surface area contributed by atoms with E-state index in [2.05, 4.69) is 79.3 Å². The predicted octanol–water partition coefficient (Wildman–Crippen LogP) is 5.29. The van der Waals surface area contributed by atoms with E-state index in [1.54, 1.807) is 0 Å². The number of hydrogen-bond donors (Lipinski definition) is 1. The Labute approximate surface area is 124 Å². The standard InChI is InChI=1S/C17H20BrN/c1-11-8-12(2)15(13(3)9-11)10-19-17-7-5-6-16(18)14(17)4/h5-9,19H,10H2,1-4H3. The van der Waals surface area contributed by atoms with Crippen LogP contribution in [0.15, 0.2) is 34.8 Å². The number of halogens is 1. The zero-order valence-electron chi connectivity index (χ0n) is 12.0. The molecule has 0 radical (unpaired) electrons. The van der Waals surface area contributed by atoms with Crippen molar-refractivity contribution < 1.29 is 0 Å². The zero-order chi connectivity index (χ0) is 14.0. The molecule has 0 atom stereocenters. The lowest BCUT2D eigenvalue weighted by atomic mass is 9.99. The highest BCUT2D eigenvalue weighted by atomic mass is 79.9. The van der Waals surface area contributed by atoms with Gasteiger partial charge >= 0.3 is 0 Å². The second-order valence-corrected chi connectivity index (χ2v) is 6.00. The van der Waals surface area contributed by atoms with E-state index < -0.39 is 0 Å². The first kappa shape index (κ1) is 14.1. The van der Waals surface area contributed by atoms with Crippen LogP contribution in [0.4, 0.5) is 5.69 Å². The number of rotatable bonds is 3. The fourth-order valence-corrected chi connectivity index (χ4v) is 2.84. The first-order chi connectivity index (χ1) is 8.99. The van der Waals surface area contributed by atoms with Gasteiger partial charge in [-0.05, 0) is 62.1 Å². The highest BCUT2D eigenvalue weighted by Gasteiger charge is 2.05. The van der Waals surface area contributed by atoms with Gasteiger partial charge in [0.1, 0.15) is 0 Å². The summed E-state index contributed by atoms with van der Waals surface area (Å²) in [4.78, 5) is 0. The number of nitrogens with one attached hydrogen (secondary N) is 1. The fraction of sp³-hybridized carbons (Fsp3) is 0.294. The first-order valence-corrected chi connectivity index (χ1v) is 7.34. The number of hydrogen-bond acceptors (Lipinski definition) is 1. The van der Waals surface area contributed by atoms with E-state index in [1.165, 1.54) is 33.5 Å². The van der Waals surface area contributed by atoms with Crippen LogP contribution in [-0.4, -0.2) is 0 Å². The van der Waals surface area contributed by atoms with E-state index in [1.807, 2.05) is 0 Å². The molecule has 100 valence electrons. The average Bonchev–Trinajstić information content (AvgIpc) is 2.33. The Kier molecular flexibility index (Phi) is 4.31. The third-order valence-corrected chi connectivity index (χ3v) is 4.42. The second-order valence-electron chi connectivity index (χ2n) is 5.14. The molecule has 2 aromatic rings. The lowest BCUT2D eigenvalue weighted by molar-refractivity contribution is 1.08. The minimum atomic E-state index is 0.870. The van der Waals surface area contributed by atoms with Crippen molar-refractivity contribution in [1.82, 2.24) is 0 Å². The van der Waals surface area contributed by atoms with Gasteiger partial charge in [0, 0.05) is 16.7 Å². The summed E-state index contributed by atoms with van der Waals surface area (Å²) in [5, 5.41) is 3.54. The van der Waals surface area contributed by atoms with Crippen LogP contribution in [0.5, 0.6) is 0 Å². The van der Waals surface area contributed by atoms with Crippen LogP contribution in [0.2, 0.25) is 0 Å². The van der Waals surface area contributed by atoms with Gasteiger partial charge in [-0.2, -0.15) is 0 Å². The van der Waals surface area contributed by atoms with Crippen molar-refractivity contribution in [2.24, 2.45) is 0 Å². The molecule has 0 saturated carbocycles. The minimum Gasteiger partial charge on any atom is -0.381 e. The quantitative estimate of drug-likeness (QED) is 0.810. The Morgan fingerprint density at radius 1 is 1.00 bits per heavy atom. The van der Waals surface area contributed by atoms with Gasteiger partial charge in [0.15, 0.2) is 0 Å². The Bertz CT molecular complexity index is 579. The molecule has 1 N–H and O–H groups in total. The molecule has 2 aromatic carbocycles. The third kappa shape index (κ3) is 3.19. The van der Waals surface area contributed by atoms with Crippen LogP contribution in [0.3, 0.4) is 0 Å². The van der Waals surface area contributed by atoms with Crippen LogP contribution in [0.1, 0.15) is 27.8 Å². The van der Waals surface area contributed by atoms with Gasteiger partial charge in [-0.1, -0.05) is 39.7 Å². The molecule has 0 amide bonds. The molecule has 0 aliphatic rings. The van der Waals surface area contributed by atoms with Crippen molar-refractivity contribution in [3.05, 3.63) is 62.6 Å². The number of benzene rings is 2. The predicted molar refractivity (Wildman–Crippen MR) is 86.9 cm³/mol. The Morgan fingerprint density at radius 2 is 1.63 bits per heavy atom. The third-order valence-electron chi connectivity index (χ3n) is 3.56. The second kappa shape index (κ2) is 5.79. The van der Waals surface area contributed by atoms with Crippen molar-refractivity contribution in [1.29, 1.82) is 0 Å². The average molecular weight is 318 g/mol. The van der Waals surface area contributed by atoms with Gasteiger partial charge in [0.2, 0.25) is 0 Å². The molecule has 0 heterocycles. The summed E-state index contributed by atoms with van der Waals surface area (Å²) in [6.45, 7) is 9.52. The molecule has 19 heavy (non-hydrogen) atoms. The lowest BCUT2D eigenvalue weighted by Crippen LogP contribution is -2.05. The molecule has 0 bridgehead atoms. The first-order valence-electron chi connectivity index (χ1n) is 6.54. The van der Waals surface area contributed by atoms with Crippen molar-refractivity contribution in [3.8, 4) is 0 Å². The summed E-state index contributed by atoms with van der Waals surface area (Å²) in [6.07, 6.45) is 0. The normalized spacial score (nSPS) is 10.6. The van der Waals surface area contributed by atoms with Gasteiger partial charge in [-0.3, -0.25) is 0 Å². The molecule has 1 nitrogen and oxygen atoms in total. The van der Waals surface area contributed by atoms with Crippen LogP contribution < -0.4 is 5.32 Å². The van der Waals surface area contributed by atoms with Crippen LogP contribution >= 0.6 is 15.9 Å². The largest absolute Gasteiger partial charge is 0.381 e. The van der Waals surface area contributed by atoms with E-state index in [9.17, 15) is 0 Å². The molecule has 0 aromatic heterocycles. The highest BCUT2D eigenvalue weighted by molar-refractivity contribution is 9.10. The van der Waals surface area contributed by atoms with Crippen LogP contribution in [0, 0.1) is 27.7 Å². The minimum absolute atomic E-state index is 0.870. The Balaban J connectivity index is 2.22. The topological polar surface area (TPSA) is 12.0 Å². The van der Waals surface area contributed by atoms with E-state index >= 15 is 0 Å². The van der Waals surface area contributed by atoms with Crippen molar-refractivity contribution in [3.63, 3.8) is 0 Å². The Hall–Kier alpha value is -1.28. The summed E-state index contributed by atoms with van der Waals surface area (Å²) in [7, 11) is 0. The van der Waals surface area contributed by atoms with Gasteiger partial charge in [0.25, 0.3) is 0 Å². The van der Waals surface area contributed by atoms with Crippen LogP contribution in [-0.2, 0) is 6.54 Å². The molecule has 2 heteroatoms. The van der Waals surface area contributed by atoms with Gasteiger partial charge in [-0.25, -0.2) is 0 Å². The molecule has 0 aliphatic heterocycles. The van der Waals surface area contributed by atoms with E-state index in [-0.39, 0.29) is 0 Å². The molecule has 0 fully saturated rings. The molecule has 0 aliphatic carbocycles. The van der Waals surface area contributed by atoms with Gasteiger partial charge < -0.3 is 5.32 Å². The van der Waals surface area contributed by atoms with Crippen molar-refractivity contribution in [2.45, 2.75) is 34.2 Å². The summed E-state index contributed by atoms with van der Waals surface area (Å²) in [5.74, 6) is 0. The van der Waals surface area contributed by atoms with E-state index in [0.29, 0.717) is 0 Å². The molecular weight excluding hydrogens is 298 g/mol. The van der Waals surface area contributed by atoms with Crippen molar-refractivity contribution in [2.75, 3.05) is 5.32 Å². The SMILES string of the molecule is Cc1cc(C)c(CNc2cccc(Br)c2C)c(C)c1. The fourth-order valence-electron chi connectivity index (χ4n) is 2.47. The maximum Gasteiger partial charge on any atom is 0.0406 e. The van der Waals surface area contributed by atoms with Gasteiger partial charge in [-0.15, -0.1) is 0 Å². The zero-order valence-corrected chi connectivity index (χ0v) is 13.6. The highest BCUT2D eigenvalue weighted by Crippen LogP contribution is 2.25. The molecular formula is C17H20BrN. The maximum atomic E-state index is 3.57. The smallest absolute Gasteiger partial charge is 0.0406 e. The molecule has 2 rings (SSSR count). The number of aryl methyl sites for hydroxylation is 3. The van der Waals surface area contributed by atoms with Gasteiger partial charge in [0.05, 0.1) is 0 Å². The molecule has 0 unspecified atom stereocenters. The summed E-state index contributed by atoms with van der Waals surface area (Å²) in [6, 6.07) is 10.8. The van der Waals surface area contributed by atoms with Crippen molar-refractivity contribution >= 4 is 21.6 Å². The lowest BCUT2D eigenvalue weighted by Gasteiger charge is -2.15. The summed E-state index contributed by atoms with van der Waals surface area (Å²) >= 11 is 3.57. The summed E-state index contributed by atoms with van der Waals surface area (Å²) in [5.41, 5.74) is 7.89. The monoisotopic (exact) mass is 317 g/mol. The molecule has 0 saturated heterocycles. The maximum absolute atomic E-state index is 3.57.